The van der Waals surface area contributed by atoms with Crippen LogP contribution in [0.4, 0.5) is 0 Å². The molecule has 0 bridgehead atoms. The van der Waals surface area contributed by atoms with Crippen LogP contribution in [-0.2, 0) is 0 Å². The molecule has 1 N–H and O–H groups in total. The number of hydrogen-bond donors (Lipinski definition) is 1. The number of carbonyl (C=O) groups is 2. The Balaban J connectivity index is 2.20. The lowest BCUT2D eigenvalue weighted by Crippen LogP contribution is -2.21. The fourth-order valence-corrected chi connectivity index (χ4v) is 2.87. The Kier molecular flexibility index (Phi) is 3.43. The van der Waals surface area contributed by atoms with Crippen molar-refractivity contribution in [2.24, 2.45) is 0 Å². The molecule has 3 heteroatoms. The predicted molar refractivity (Wildman–Crippen MR) is 80.7 cm³/mol. The van der Waals surface area contributed by atoms with Crippen LogP contribution in [0.25, 0.3) is 11.1 Å². The zero-order valence-corrected chi connectivity index (χ0v) is 11.8. The van der Waals surface area contributed by atoms with Crippen LogP contribution in [0.2, 0.25) is 0 Å². The van der Waals surface area contributed by atoms with E-state index in [4.69, 9.17) is 0 Å². The van der Waals surface area contributed by atoms with Gasteiger partial charge in [-0.3, -0.25) is 9.59 Å². The number of hydrogen-bond acceptors (Lipinski definition) is 3. The summed E-state index contributed by atoms with van der Waals surface area (Å²) in [7, 11) is 0. The zero-order chi connectivity index (χ0) is 15.0. The standard InChI is InChI=1S/C18H16O3/c1-2-11(10-19)12-7-8-14-13-5-3-4-6-15(13)17(20)18(21)16(14)9-12/h3-9,11,19H,2,10H2,1H3. The molecule has 0 saturated carbocycles. The maximum Gasteiger partial charge on any atom is 0.234 e. The zero-order valence-electron chi connectivity index (χ0n) is 11.8. The molecule has 3 nitrogen and oxygen atoms in total. The van der Waals surface area contributed by atoms with E-state index < -0.39 is 11.6 Å². The summed E-state index contributed by atoms with van der Waals surface area (Å²) in [6.45, 7) is 2.02. The highest BCUT2D eigenvalue weighted by molar-refractivity contribution is 6.53. The molecule has 1 aliphatic rings. The van der Waals surface area contributed by atoms with Gasteiger partial charge in [0, 0.05) is 23.7 Å². The third kappa shape index (κ3) is 2.10. The Labute approximate surface area is 123 Å². The van der Waals surface area contributed by atoms with Crippen molar-refractivity contribution >= 4 is 11.6 Å². The molecule has 0 aromatic heterocycles. The number of carbonyl (C=O) groups excluding carboxylic acids is 2. The molecule has 106 valence electrons. The summed E-state index contributed by atoms with van der Waals surface area (Å²) in [6.07, 6.45) is 0.786. The normalized spacial score (nSPS) is 14.6. The minimum atomic E-state index is -0.460. The molecule has 0 radical (unpaired) electrons. The monoisotopic (exact) mass is 280 g/mol. The van der Waals surface area contributed by atoms with Crippen molar-refractivity contribution in [2.45, 2.75) is 19.3 Å². The van der Waals surface area contributed by atoms with Gasteiger partial charge in [-0.05, 0) is 29.2 Å². The van der Waals surface area contributed by atoms with Crippen LogP contribution in [0, 0.1) is 0 Å². The first kappa shape index (κ1) is 13.7. The Hall–Kier alpha value is -2.26. The van der Waals surface area contributed by atoms with Crippen LogP contribution in [0.5, 0.6) is 0 Å². The van der Waals surface area contributed by atoms with Gasteiger partial charge in [-0.25, -0.2) is 0 Å². The topological polar surface area (TPSA) is 54.4 Å². The predicted octanol–water partition coefficient (Wildman–Crippen LogP) is 3.22. The van der Waals surface area contributed by atoms with Crippen molar-refractivity contribution in [3.8, 4) is 11.1 Å². The molecule has 2 aromatic rings. The Morgan fingerprint density at radius 2 is 1.52 bits per heavy atom. The van der Waals surface area contributed by atoms with Crippen LogP contribution >= 0.6 is 0 Å². The van der Waals surface area contributed by atoms with E-state index in [2.05, 4.69) is 0 Å². The van der Waals surface area contributed by atoms with Crippen molar-refractivity contribution in [1.82, 2.24) is 0 Å². The van der Waals surface area contributed by atoms with Gasteiger partial charge in [0.05, 0.1) is 0 Å². The largest absolute Gasteiger partial charge is 0.396 e. The quantitative estimate of drug-likeness (QED) is 0.878. The summed E-state index contributed by atoms with van der Waals surface area (Å²) in [4.78, 5) is 24.5. The summed E-state index contributed by atoms with van der Waals surface area (Å²) >= 11 is 0. The van der Waals surface area contributed by atoms with Gasteiger partial charge in [-0.1, -0.05) is 43.3 Å². The second-order valence-electron chi connectivity index (χ2n) is 5.30. The molecule has 0 saturated heterocycles. The first-order valence-electron chi connectivity index (χ1n) is 7.10. The Morgan fingerprint density at radius 3 is 2.19 bits per heavy atom. The number of ketones is 2. The average molecular weight is 280 g/mol. The molecule has 0 fully saturated rings. The lowest BCUT2D eigenvalue weighted by Gasteiger charge is -2.20. The van der Waals surface area contributed by atoms with E-state index in [9.17, 15) is 14.7 Å². The van der Waals surface area contributed by atoms with Gasteiger partial charge in [0.1, 0.15) is 0 Å². The van der Waals surface area contributed by atoms with E-state index in [1.165, 1.54) is 0 Å². The molecule has 21 heavy (non-hydrogen) atoms. The highest BCUT2D eigenvalue weighted by Gasteiger charge is 2.30. The van der Waals surface area contributed by atoms with E-state index in [1.54, 1.807) is 18.2 Å². The maximum absolute atomic E-state index is 12.3. The fraction of sp³-hybridized carbons (Fsp3) is 0.222. The average Bonchev–Trinajstić information content (AvgIpc) is 2.54. The van der Waals surface area contributed by atoms with Crippen LogP contribution < -0.4 is 0 Å². The van der Waals surface area contributed by atoms with E-state index in [1.807, 2.05) is 31.2 Å². The number of Topliss-reactive ketones (excluding diaryl/α,β-unsaturated/α-hetero) is 2. The van der Waals surface area contributed by atoms with Crippen LogP contribution in [0.1, 0.15) is 45.5 Å². The molecule has 0 spiro atoms. The highest BCUT2D eigenvalue weighted by Crippen LogP contribution is 2.35. The number of fused-ring (bicyclic) bond motifs is 3. The van der Waals surface area contributed by atoms with Gasteiger partial charge in [0.25, 0.3) is 0 Å². The second-order valence-corrected chi connectivity index (χ2v) is 5.30. The molecular formula is C18H16O3. The number of aliphatic hydroxyl groups excluding tert-OH is 1. The number of benzene rings is 2. The van der Waals surface area contributed by atoms with Crippen molar-refractivity contribution < 1.29 is 14.7 Å². The third-order valence-corrected chi connectivity index (χ3v) is 4.14. The van der Waals surface area contributed by atoms with Crippen molar-refractivity contribution in [3.05, 3.63) is 59.2 Å². The van der Waals surface area contributed by atoms with E-state index in [0.717, 1.165) is 23.1 Å². The smallest absolute Gasteiger partial charge is 0.234 e. The van der Waals surface area contributed by atoms with Gasteiger partial charge in [0.15, 0.2) is 0 Å². The molecule has 1 atom stereocenters. The van der Waals surface area contributed by atoms with Crippen LogP contribution in [-0.4, -0.2) is 23.3 Å². The second kappa shape index (κ2) is 5.26. The Bertz CT molecular complexity index is 727. The van der Waals surface area contributed by atoms with E-state index >= 15 is 0 Å². The van der Waals surface area contributed by atoms with E-state index in [0.29, 0.717) is 11.1 Å². The molecule has 0 amide bonds. The minimum Gasteiger partial charge on any atom is -0.396 e. The number of rotatable bonds is 3. The lowest BCUT2D eigenvalue weighted by atomic mass is 9.82. The van der Waals surface area contributed by atoms with Crippen molar-refractivity contribution in [3.63, 3.8) is 0 Å². The summed E-state index contributed by atoms with van der Waals surface area (Å²) in [5, 5.41) is 9.41. The first-order chi connectivity index (χ1) is 10.2. The highest BCUT2D eigenvalue weighted by atomic mass is 16.3. The fourth-order valence-electron chi connectivity index (χ4n) is 2.87. The molecule has 1 aliphatic carbocycles. The first-order valence-corrected chi connectivity index (χ1v) is 7.10. The molecular weight excluding hydrogens is 264 g/mol. The van der Waals surface area contributed by atoms with Gasteiger partial charge in [-0.2, -0.15) is 0 Å². The summed E-state index contributed by atoms with van der Waals surface area (Å²) in [5.74, 6) is -0.916. The van der Waals surface area contributed by atoms with Gasteiger partial charge in [-0.15, -0.1) is 0 Å². The maximum atomic E-state index is 12.3. The molecule has 2 aromatic carbocycles. The summed E-state index contributed by atoms with van der Waals surface area (Å²) in [5.41, 5.74) is 3.42. The number of aliphatic hydroxyl groups is 1. The molecule has 0 aliphatic heterocycles. The molecule has 1 unspecified atom stereocenters. The van der Waals surface area contributed by atoms with Crippen LogP contribution in [0.3, 0.4) is 0 Å². The van der Waals surface area contributed by atoms with Crippen molar-refractivity contribution in [1.29, 1.82) is 0 Å². The summed E-state index contributed by atoms with van der Waals surface area (Å²) < 4.78 is 0. The minimum absolute atomic E-state index is 0.00428. The summed E-state index contributed by atoms with van der Waals surface area (Å²) in [6, 6.07) is 12.8. The van der Waals surface area contributed by atoms with E-state index in [-0.39, 0.29) is 12.5 Å². The van der Waals surface area contributed by atoms with Crippen LogP contribution in [0.15, 0.2) is 42.5 Å². The SMILES string of the molecule is CCC(CO)c1ccc2c(c1)C(=O)C(=O)c1ccccc1-2. The van der Waals surface area contributed by atoms with Gasteiger partial charge in [0.2, 0.25) is 11.6 Å². The molecule has 0 heterocycles. The van der Waals surface area contributed by atoms with Gasteiger partial charge < -0.3 is 5.11 Å². The molecule has 3 rings (SSSR count). The van der Waals surface area contributed by atoms with Gasteiger partial charge >= 0.3 is 0 Å². The van der Waals surface area contributed by atoms with Crippen molar-refractivity contribution in [2.75, 3.05) is 6.61 Å². The lowest BCUT2D eigenvalue weighted by molar-refractivity contribution is 0.0815. The Morgan fingerprint density at radius 1 is 0.905 bits per heavy atom. The third-order valence-electron chi connectivity index (χ3n) is 4.14.